The Labute approximate surface area is 177 Å². The summed E-state index contributed by atoms with van der Waals surface area (Å²) < 4.78 is 68.3. The lowest BCUT2D eigenvalue weighted by molar-refractivity contribution is -0.137. The van der Waals surface area contributed by atoms with Crippen molar-refractivity contribution in [1.82, 2.24) is 18.8 Å². The van der Waals surface area contributed by atoms with Gasteiger partial charge in [-0.05, 0) is 29.8 Å². The smallest absolute Gasteiger partial charge is 0.380 e. The van der Waals surface area contributed by atoms with Gasteiger partial charge in [-0.3, -0.25) is 4.98 Å². The summed E-state index contributed by atoms with van der Waals surface area (Å²) in [7, 11) is -2.18. The van der Waals surface area contributed by atoms with Crippen LogP contribution in [0.5, 0.6) is 0 Å². The molecule has 1 saturated heterocycles. The molecular weight excluding hydrogens is 431 g/mol. The molecule has 0 unspecified atom stereocenters. The van der Waals surface area contributed by atoms with Crippen LogP contribution in [0.3, 0.4) is 0 Å². The van der Waals surface area contributed by atoms with Crippen LogP contribution in [0.4, 0.5) is 18.9 Å². The molecule has 0 amide bonds. The molecule has 0 radical (unpaired) electrons. The van der Waals surface area contributed by atoms with Gasteiger partial charge in [0.25, 0.3) is 10.0 Å². The second-order valence-electron chi connectivity index (χ2n) is 7.42. The van der Waals surface area contributed by atoms with Gasteiger partial charge in [0.1, 0.15) is 0 Å². The lowest BCUT2D eigenvalue weighted by Gasteiger charge is -2.21. The summed E-state index contributed by atoms with van der Waals surface area (Å²) in [5.41, 5.74) is 0.294. The second-order valence-corrected chi connectivity index (χ2v) is 9.31. The molecule has 2 atom stereocenters. The Bertz CT molecular complexity index is 1160. The maximum Gasteiger partial charge on any atom is 0.416 e. The van der Waals surface area contributed by atoms with Gasteiger partial charge in [-0.15, -0.1) is 0 Å². The number of nitrogens with one attached hydrogen (secondary N) is 1. The van der Waals surface area contributed by atoms with Crippen molar-refractivity contribution < 1.29 is 21.6 Å². The Kier molecular flexibility index (Phi) is 5.48. The SMILES string of the molecule is Cn1cnc(S(=O)(=O)N2C[C@H](Nc3cccc(C(F)(F)F)c3)[C@@H](c3cccnc3)C2)c1. The van der Waals surface area contributed by atoms with Crippen molar-refractivity contribution in [3.8, 4) is 0 Å². The predicted molar refractivity (Wildman–Crippen MR) is 108 cm³/mol. The fourth-order valence-electron chi connectivity index (χ4n) is 3.70. The zero-order chi connectivity index (χ0) is 22.2. The number of halogens is 3. The number of sulfonamides is 1. The van der Waals surface area contributed by atoms with Crippen LogP contribution in [0.1, 0.15) is 17.0 Å². The number of aryl methyl sites for hydroxylation is 1. The first-order chi connectivity index (χ1) is 14.6. The Balaban J connectivity index is 1.65. The van der Waals surface area contributed by atoms with E-state index in [4.69, 9.17) is 0 Å². The first-order valence-corrected chi connectivity index (χ1v) is 10.9. The number of nitrogens with zero attached hydrogens (tertiary/aromatic N) is 4. The number of pyridine rings is 1. The van der Waals surface area contributed by atoms with Gasteiger partial charge in [0.15, 0.2) is 5.03 Å². The molecule has 4 rings (SSSR count). The Morgan fingerprint density at radius 1 is 1.16 bits per heavy atom. The second kappa shape index (κ2) is 7.97. The highest BCUT2D eigenvalue weighted by Crippen LogP contribution is 2.35. The van der Waals surface area contributed by atoms with Gasteiger partial charge in [0.2, 0.25) is 0 Å². The first kappa shape index (κ1) is 21.3. The van der Waals surface area contributed by atoms with E-state index in [1.54, 1.807) is 30.1 Å². The maximum absolute atomic E-state index is 13.1. The van der Waals surface area contributed by atoms with Crippen LogP contribution in [0, 0.1) is 0 Å². The number of benzene rings is 1. The Morgan fingerprint density at radius 3 is 2.61 bits per heavy atom. The molecule has 31 heavy (non-hydrogen) atoms. The van der Waals surface area contributed by atoms with Crippen molar-refractivity contribution in [3.05, 3.63) is 72.4 Å². The highest BCUT2D eigenvalue weighted by molar-refractivity contribution is 7.89. The molecule has 3 aromatic rings. The Morgan fingerprint density at radius 2 is 1.97 bits per heavy atom. The molecule has 3 heterocycles. The fraction of sp³-hybridized carbons (Fsp3) is 0.300. The molecule has 164 valence electrons. The van der Waals surface area contributed by atoms with Gasteiger partial charge >= 0.3 is 6.18 Å². The van der Waals surface area contributed by atoms with Crippen LogP contribution < -0.4 is 5.32 Å². The monoisotopic (exact) mass is 451 g/mol. The molecule has 1 aliphatic rings. The van der Waals surface area contributed by atoms with E-state index in [0.29, 0.717) is 0 Å². The van der Waals surface area contributed by atoms with Crippen molar-refractivity contribution in [3.63, 3.8) is 0 Å². The molecule has 0 saturated carbocycles. The van der Waals surface area contributed by atoms with Crippen molar-refractivity contribution in [2.75, 3.05) is 18.4 Å². The van der Waals surface area contributed by atoms with Gasteiger partial charge in [-0.25, -0.2) is 13.4 Å². The van der Waals surface area contributed by atoms with E-state index in [2.05, 4.69) is 15.3 Å². The highest BCUT2D eigenvalue weighted by Gasteiger charge is 2.41. The summed E-state index contributed by atoms with van der Waals surface area (Å²) in [5.74, 6) is -0.304. The van der Waals surface area contributed by atoms with Crippen LogP contribution >= 0.6 is 0 Å². The summed E-state index contributed by atoms with van der Waals surface area (Å²) in [6, 6.07) is 7.99. The maximum atomic E-state index is 13.1. The zero-order valence-corrected chi connectivity index (χ0v) is 17.3. The van der Waals surface area contributed by atoms with E-state index in [1.165, 1.54) is 29.0 Å². The van der Waals surface area contributed by atoms with Crippen molar-refractivity contribution in [2.24, 2.45) is 7.05 Å². The summed E-state index contributed by atoms with van der Waals surface area (Å²) in [5, 5.41) is 3.03. The van der Waals surface area contributed by atoms with E-state index >= 15 is 0 Å². The summed E-state index contributed by atoms with van der Waals surface area (Å²) in [6.07, 6.45) is 1.60. The standard InChI is InChI=1S/C20H20F3N5O2S/c1-27-12-19(25-13-27)31(29,30)28-10-17(14-4-3-7-24-9-14)18(11-28)26-16-6-2-5-15(8-16)20(21,22)23/h2-9,12-13,17-18,26H,10-11H2,1H3/t17-,18+/m1/s1. The van der Waals surface area contributed by atoms with Crippen molar-refractivity contribution in [2.45, 2.75) is 23.2 Å². The van der Waals surface area contributed by atoms with Gasteiger partial charge in [0, 0.05) is 56.4 Å². The lowest BCUT2D eigenvalue weighted by atomic mass is 9.95. The number of anilines is 1. The summed E-state index contributed by atoms with van der Waals surface area (Å²) >= 11 is 0. The van der Waals surface area contributed by atoms with Crippen molar-refractivity contribution >= 4 is 15.7 Å². The molecular formula is C20H20F3N5O2S. The topological polar surface area (TPSA) is 80.1 Å². The van der Waals surface area contributed by atoms with Gasteiger partial charge in [-0.2, -0.15) is 17.5 Å². The summed E-state index contributed by atoms with van der Waals surface area (Å²) in [6.45, 7) is 0.232. The summed E-state index contributed by atoms with van der Waals surface area (Å²) in [4.78, 5) is 8.06. The van der Waals surface area contributed by atoms with Crippen LogP contribution in [-0.4, -0.2) is 46.4 Å². The van der Waals surface area contributed by atoms with E-state index in [1.807, 2.05) is 6.07 Å². The van der Waals surface area contributed by atoms with Crippen LogP contribution in [0.2, 0.25) is 0 Å². The van der Waals surface area contributed by atoms with E-state index in [0.717, 1.165) is 17.7 Å². The lowest BCUT2D eigenvalue weighted by Crippen LogP contribution is -2.32. The quantitative estimate of drug-likeness (QED) is 0.645. The minimum Gasteiger partial charge on any atom is -0.380 e. The number of rotatable bonds is 5. The van der Waals surface area contributed by atoms with E-state index < -0.39 is 27.8 Å². The van der Waals surface area contributed by atoms with Gasteiger partial charge in [-0.1, -0.05) is 12.1 Å². The molecule has 1 N–H and O–H groups in total. The molecule has 0 bridgehead atoms. The first-order valence-electron chi connectivity index (χ1n) is 9.46. The molecule has 0 aliphatic carbocycles. The molecule has 0 spiro atoms. The van der Waals surface area contributed by atoms with E-state index in [-0.39, 0.29) is 29.7 Å². The molecule has 1 aromatic carbocycles. The average molecular weight is 451 g/mol. The number of alkyl halides is 3. The number of hydrogen-bond donors (Lipinski definition) is 1. The molecule has 7 nitrogen and oxygen atoms in total. The third kappa shape index (κ3) is 4.42. The molecule has 2 aromatic heterocycles. The average Bonchev–Trinajstić information content (AvgIpc) is 3.36. The van der Waals surface area contributed by atoms with Crippen molar-refractivity contribution in [1.29, 1.82) is 0 Å². The fourth-order valence-corrected chi connectivity index (χ4v) is 5.16. The number of hydrogen-bond acceptors (Lipinski definition) is 5. The minimum absolute atomic E-state index is 0.0698. The van der Waals surface area contributed by atoms with Gasteiger partial charge in [0.05, 0.1) is 11.9 Å². The largest absolute Gasteiger partial charge is 0.416 e. The molecule has 1 fully saturated rings. The van der Waals surface area contributed by atoms with Crippen LogP contribution in [-0.2, 0) is 23.2 Å². The predicted octanol–water partition coefficient (Wildman–Crippen LogP) is 3.10. The highest BCUT2D eigenvalue weighted by atomic mass is 32.2. The molecule has 11 heteroatoms. The van der Waals surface area contributed by atoms with Gasteiger partial charge < -0.3 is 9.88 Å². The third-order valence-corrected chi connectivity index (χ3v) is 6.94. The third-order valence-electron chi connectivity index (χ3n) is 5.23. The molecule has 1 aliphatic heterocycles. The minimum atomic E-state index is -4.47. The normalized spacial score (nSPS) is 20.1. The zero-order valence-electron chi connectivity index (χ0n) is 16.5. The van der Waals surface area contributed by atoms with E-state index in [9.17, 15) is 21.6 Å². The number of imidazole rings is 1. The Hall–Kier alpha value is -2.92. The number of aromatic nitrogens is 3. The van der Waals surface area contributed by atoms with Crippen LogP contribution in [0.15, 0.2) is 66.3 Å². The van der Waals surface area contributed by atoms with Crippen LogP contribution in [0.25, 0.3) is 0 Å².